The summed E-state index contributed by atoms with van der Waals surface area (Å²) < 4.78 is 6.43. The zero-order valence-corrected chi connectivity index (χ0v) is 15.0. The monoisotopic (exact) mass is 350 g/mol. The van der Waals surface area contributed by atoms with Gasteiger partial charge in [0.25, 0.3) is 0 Å². The van der Waals surface area contributed by atoms with E-state index in [9.17, 15) is 9.90 Å². The second-order valence-electron chi connectivity index (χ2n) is 6.59. The van der Waals surface area contributed by atoms with Gasteiger partial charge in [-0.25, -0.2) is 9.36 Å². The van der Waals surface area contributed by atoms with Gasteiger partial charge in [-0.3, -0.25) is 0 Å². The van der Waals surface area contributed by atoms with Gasteiger partial charge in [0.15, 0.2) is 5.76 Å². The van der Waals surface area contributed by atoms with Crippen molar-refractivity contribution in [2.24, 2.45) is 0 Å². The van der Waals surface area contributed by atoms with Crippen LogP contribution in [0.15, 0.2) is 58.3 Å². The highest BCUT2D eigenvalue weighted by Crippen LogP contribution is 2.45. The van der Waals surface area contributed by atoms with E-state index in [2.05, 4.69) is 54.8 Å². The number of anilines is 1. The zero-order chi connectivity index (χ0) is 18.4. The Morgan fingerprint density at radius 2 is 2.00 bits per heavy atom. The molecule has 5 nitrogen and oxygen atoms in total. The van der Waals surface area contributed by atoms with Gasteiger partial charge in [-0.15, -0.1) is 0 Å². The molecule has 2 aromatic rings. The Kier molecular flexibility index (Phi) is 3.87. The fourth-order valence-electron chi connectivity index (χ4n) is 4.00. The van der Waals surface area contributed by atoms with Crippen LogP contribution in [-0.4, -0.2) is 22.3 Å². The molecule has 134 valence electrons. The van der Waals surface area contributed by atoms with Gasteiger partial charge >= 0.3 is 5.76 Å². The average Bonchev–Trinajstić information content (AvgIpc) is 3.14. The van der Waals surface area contributed by atoms with Gasteiger partial charge in [0.05, 0.1) is 6.04 Å². The van der Waals surface area contributed by atoms with Gasteiger partial charge in [-0.1, -0.05) is 36.9 Å². The minimum Gasteiger partial charge on any atom is -0.492 e. The Morgan fingerprint density at radius 1 is 1.23 bits per heavy atom. The maximum Gasteiger partial charge on any atom is 0.422 e. The predicted molar refractivity (Wildman–Crippen MR) is 103 cm³/mol. The van der Waals surface area contributed by atoms with E-state index in [1.807, 2.05) is 6.07 Å². The molecule has 2 atom stereocenters. The maximum atomic E-state index is 11.9. The van der Waals surface area contributed by atoms with Gasteiger partial charge in [-0.05, 0) is 37.1 Å². The van der Waals surface area contributed by atoms with Crippen LogP contribution in [0.4, 0.5) is 5.69 Å². The molecule has 2 unspecified atom stereocenters. The standard InChI is InChI=1S/C21H22N2O3/c1-4-22-17-9-7-6-8-15(17)16-12-14(10-11-18(16)22)13(3)19-20(24)23(5-2)21(25)26-19/h6-12,15,17,24H,3-5H2,1-2H3. The summed E-state index contributed by atoms with van der Waals surface area (Å²) in [5.41, 5.74) is 3.80. The number of aromatic hydroxyl groups is 1. The number of benzene rings is 1. The van der Waals surface area contributed by atoms with Crippen molar-refractivity contribution in [2.45, 2.75) is 32.4 Å². The van der Waals surface area contributed by atoms with Crippen molar-refractivity contribution in [1.82, 2.24) is 4.57 Å². The summed E-state index contributed by atoms with van der Waals surface area (Å²) >= 11 is 0. The predicted octanol–water partition coefficient (Wildman–Crippen LogP) is 3.65. The van der Waals surface area contributed by atoms with Gasteiger partial charge in [0.2, 0.25) is 5.88 Å². The lowest BCUT2D eigenvalue weighted by Gasteiger charge is -2.27. The third-order valence-corrected chi connectivity index (χ3v) is 5.31. The zero-order valence-electron chi connectivity index (χ0n) is 15.0. The normalized spacial score (nSPS) is 20.3. The molecule has 2 aliphatic rings. The smallest absolute Gasteiger partial charge is 0.422 e. The van der Waals surface area contributed by atoms with Crippen molar-refractivity contribution in [3.05, 3.63) is 76.5 Å². The number of rotatable bonds is 4. The molecule has 1 aliphatic heterocycles. The van der Waals surface area contributed by atoms with Crippen LogP contribution >= 0.6 is 0 Å². The highest BCUT2D eigenvalue weighted by molar-refractivity contribution is 5.80. The van der Waals surface area contributed by atoms with E-state index in [1.165, 1.54) is 15.8 Å². The molecule has 1 aromatic carbocycles. The Balaban J connectivity index is 1.77. The molecule has 0 radical (unpaired) electrons. The van der Waals surface area contributed by atoms with Gasteiger partial charge in [-0.2, -0.15) is 0 Å². The lowest BCUT2D eigenvalue weighted by atomic mass is 9.89. The van der Waals surface area contributed by atoms with Gasteiger partial charge in [0.1, 0.15) is 0 Å². The molecule has 0 fully saturated rings. The highest BCUT2D eigenvalue weighted by Gasteiger charge is 2.35. The minimum atomic E-state index is -0.570. The number of hydrogen-bond acceptors (Lipinski definition) is 4. The molecule has 0 saturated heterocycles. The van der Waals surface area contributed by atoms with Crippen LogP contribution in [0.3, 0.4) is 0 Å². The Labute approximate surface area is 152 Å². The number of nitrogens with zero attached hydrogens (tertiary/aromatic N) is 2. The Hall–Kier alpha value is -2.95. The number of oxazole rings is 1. The van der Waals surface area contributed by atoms with Crippen LogP contribution in [0.1, 0.15) is 36.7 Å². The first-order valence-electron chi connectivity index (χ1n) is 8.94. The van der Waals surface area contributed by atoms with Crippen molar-refractivity contribution >= 4 is 11.3 Å². The molecular formula is C21H22N2O3. The lowest BCUT2D eigenvalue weighted by Crippen LogP contribution is -2.32. The summed E-state index contributed by atoms with van der Waals surface area (Å²) in [5.74, 6) is -0.308. The molecule has 1 aliphatic carbocycles. The third-order valence-electron chi connectivity index (χ3n) is 5.31. The summed E-state index contributed by atoms with van der Waals surface area (Å²) in [6.45, 7) is 9.28. The summed E-state index contributed by atoms with van der Waals surface area (Å²) in [6.07, 6.45) is 8.62. The minimum absolute atomic E-state index is 0.137. The van der Waals surface area contributed by atoms with Crippen LogP contribution in [0.2, 0.25) is 0 Å². The van der Waals surface area contributed by atoms with Crippen LogP contribution in [-0.2, 0) is 6.54 Å². The number of allylic oxidation sites excluding steroid dienone is 2. The van der Waals surface area contributed by atoms with Crippen molar-refractivity contribution < 1.29 is 9.52 Å². The van der Waals surface area contributed by atoms with Crippen molar-refractivity contribution in [3.8, 4) is 5.88 Å². The molecular weight excluding hydrogens is 328 g/mol. The molecule has 0 amide bonds. The fourth-order valence-corrected chi connectivity index (χ4v) is 4.00. The third kappa shape index (κ3) is 2.27. The van der Waals surface area contributed by atoms with E-state index < -0.39 is 5.76 Å². The van der Waals surface area contributed by atoms with E-state index in [0.29, 0.717) is 24.1 Å². The summed E-state index contributed by atoms with van der Waals surface area (Å²) in [5, 5.41) is 10.3. The summed E-state index contributed by atoms with van der Waals surface area (Å²) in [4.78, 5) is 14.2. The second kappa shape index (κ2) is 6.09. The van der Waals surface area contributed by atoms with Gasteiger partial charge in [0, 0.05) is 30.3 Å². The fraction of sp³-hybridized carbons (Fsp3) is 0.286. The van der Waals surface area contributed by atoms with Crippen molar-refractivity contribution in [1.29, 1.82) is 0 Å². The SMILES string of the molecule is C=C(c1ccc2c(c1)C1C=CC=CC1N2CC)c1oc(=O)n(CC)c1O. The lowest BCUT2D eigenvalue weighted by molar-refractivity contribution is 0.417. The number of fused-ring (bicyclic) bond motifs is 3. The van der Waals surface area contributed by atoms with Crippen molar-refractivity contribution in [3.63, 3.8) is 0 Å². The van der Waals surface area contributed by atoms with E-state index in [-0.39, 0.29) is 11.6 Å². The first kappa shape index (κ1) is 16.5. The molecule has 0 spiro atoms. The average molecular weight is 350 g/mol. The first-order valence-corrected chi connectivity index (χ1v) is 8.94. The molecule has 5 heteroatoms. The second-order valence-corrected chi connectivity index (χ2v) is 6.59. The first-order chi connectivity index (χ1) is 12.6. The summed E-state index contributed by atoms with van der Waals surface area (Å²) in [7, 11) is 0. The molecule has 1 N–H and O–H groups in total. The van der Waals surface area contributed by atoms with E-state index >= 15 is 0 Å². The van der Waals surface area contributed by atoms with Crippen LogP contribution in [0.5, 0.6) is 5.88 Å². The van der Waals surface area contributed by atoms with E-state index in [0.717, 1.165) is 12.1 Å². The van der Waals surface area contributed by atoms with E-state index in [1.54, 1.807) is 6.92 Å². The Morgan fingerprint density at radius 3 is 2.69 bits per heavy atom. The quantitative estimate of drug-likeness (QED) is 0.914. The molecule has 2 heterocycles. The van der Waals surface area contributed by atoms with Crippen molar-refractivity contribution in [2.75, 3.05) is 11.4 Å². The molecule has 0 saturated carbocycles. The number of hydrogen-bond donors (Lipinski definition) is 1. The van der Waals surface area contributed by atoms with Gasteiger partial charge < -0.3 is 14.4 Å². The number of likely N-dealkylation sites (N-methyl/N-ethyl adjacent to an activating group) is 1. The summed E-state index contributed by atoms with van der Waals surface area (Å²) in [6, 6.07) is 6.48. The van der Waals surface area contributed by atoms with Crippen LogP contribution < -0.4 is 10.7 Å². The molecule has 26 heavy (non-hydrogen) atoms. The molecule has 0 bridgehead atoms. The largest absolute Gasteiger partial charge is 0.492 e. The molecule has 1 aromatic heterocycles. The van der Waals surface area contributed by atoms with E-state index in [4.69, 9.17) is 4.42 Å². The topological polar surface area (TPSA) is 58.6 Å². The highest BCUT2D eigenvalue weighted by atomic mass is 16.4. The maximum absolute atomic E-state index is 11.9. The Bertz CT molecular complexity index is 993. The van der Waals surface area contributed by atoms with Crippen LogP contribution in [0.25, 0.3) is 5.57 Å². The van der Waals surface area contributed by atoms with Crippen LogP contribution in [0, 0.1) is 0 Å². The molecule has 4 rings (SSSR count). The number of aromatic nitrogens is 1.